The zero-order valence-electron chi connectivity index (χ0n) is 11.0. The van der Waals surface area contributed by atoms with Crippen LogP contribution < -0.4 is 5.73 Å². The highest BCUT2D eigenvalue weighted by Gasteiger charge is 2.37. The Hall–Kier alpha value is -0.393. The summed E-state index contributed by atoms with van der Waals surface area (Å²) in [5, 5.41) is -0.0527. The number of methoxy groups -OCH3 is 1. The van der Waals surface area contributed by atoms with Crippen LogP contribution in [0.25, 0.3) is 0 Å². The molecular formula is C11H25NO3Si. The van der Waals surface area contributed by atoms with Crippen LogP contribution in [0.4, 0.5) is 0 Å². The van der Waals surface area contributed by atoms with Crippen LogP contribution in [0.15, 0.2) is 0 Å². The molecule has 0 aromatic heterocycles. The fraction of sp³-hybridized carbons (Fsp3) is 0.909. The van der Waals surface area contributed by atoms with Crippen LogP contribution in [0.3, 0.4) is 0 Å². The van der Waals surface area contributed by atoms with E-state index in [0.29, 0.717) is 6.42 Å². The second kappa shape index (κ2) is 5.79. The van der Waals surface area contributed by atoms with E-state index in [9.17, 15) is 9.59 Å². The molecule has 1 atom stereocenters. The van der Waals surface area contributed by atoms with Gasteiger partial charge in [-0.05, 0) is 31.0 Å². The van der Waals surface area contributed by atoms with Crippen LogP contribution in [0.5, 0.6) is 0 Å². The number of hydrogen-bond acceptors (Lipinski definition) is 4. The standard InChI is InChI=1S/C11H25NO3Si/c1-11(2,16(4,5)14)8-6-7-9(12)10(13)15-3/h9,14H,6-8,12H2,1-5H3/t9-/m1/s1. The Labute approximate surface area is 99.3 Å². The van der Waals surface area contributed by atoms with Gasteiger partial charge >= 0.3 is 5.97 Å². The smallest absolute Gasteiger partial charge is 0.322 e. The summed E-state index contributed by atoms with van der Waals surface area (Å²) in [7, 11) is -0.806. The lowest BCUT2D eigenvalue weighted by atomic mass is 10.0. The Balaban J connectivity index is 4.04. The summed E-state index contributed by atoms with van der Waals surface area (Å²) >= 11 is 0. The quantitative estimate of drug-likeness (QED) is 0.553. The average Bonchev–Trinajstić information content (AvgIpc) is 2.14. The maximum atomic E-state index is 11.1. The van der Waals surface area contributed by atoms with Crippen molar-refractivity contribution in [3.05, 3.63) is 0 Å². The summed E-state index contributed by atoms with van der Waals surface area (Å²) in [5.41, 5.74) is 5.64. The molecule has 0 aliphatic carbocycles. The van der Waals surface area contributed by atoms with Crippen molar-refractivity contribution in [3.63, 3.8) is 0 Å². The highest BCUT2D eigenvalue weighted by molar-refractivity contribution is 6.72. The molecule has 0 aliphatic rings. The molecule has 0 bridgehead atoms. The van der Waals surface area contributed by atoms with Gasteiger partial charge in [0, 0.05) is 0 Å². The number of ether oxygens (including phenoxy) is 1. The topological polar surface area (TPSA) is 72.5 Å². The van der Waals surface area contributed by atoms with Gasteiger partial charge in [0.25, 0.3) is 0 Å². The van der Waals surface area contributed by atoms with Gasteiger partial charge in [-0.1, -0.05) is 20.3 Å². The number of nitrogens with two attached hydrogens (primary N) is 1. The number of carbonyl (C=O) groups is 1. The molecule has 0 unspecified atom stereocenters. The van der Waals surface area contributed by atoms with E-state index in [0.717, 1.165) is 12.8 Å². The van der Waals surface area contributed by atoms with E-state index < -0.39 is 14.4 Å². The Morgan fingerprint density at radius 2 is 2.00 bits per heavy atom. The van der Waals surface area contributed by atoms with Crippen molar-refractivity contribution >= 4 is 14.3 Å². The van der Waals surface area contributed by atoms with Gasteiger partial charge in [0.15, 0.2) is 8.32 Å². The minimum absolute atomic E-state index is 0.0527. The number of hydrogen-bond donors (Lipinski definition) is 2. The Morgan fingerprint density at radius 1 is 1.50 bits per heavy atom. The molecule has 4 nitrogen and oxygen atoms in total. The second-order valence-electron chi connectivity index (χ2n) is 5.46. The van der Waals surface area contributed by atoms with Gasteiger partial charge in [0.2, 0.25) is 0 Å². The molecule has 16 heavy (non-hydrogen) atoms. The lowest BCUT2D eigenvalue weighted by molar-refractivity contribution is -0.142. The third kappa shape index (κ3) is 4.63. The first-order chi connectivity index (χ1) is 7.12. The summed E-state index contributed by atoms with van der Waals surface area (Å²) < 4.78 is 4.56. The van der Waals surface area contributed by atoms with Crippen LogP contribution in [0, 0.1) is 0 Å². The van der Waals surface area contributed by atoms with E-state index in [1.165, 1.54) is 7.11 Å². The fourth-order valence-electron chi connectivity index (χ4n) is 1.34. The van der Waals surface area contributed by atoms with Crippen molar-refractivity contribution in [2.24, 2.45) is 5.73 Å². The second-order valence-corrected chi connectivity index (χ2v) is 9.94. The lowest BCUT2D eigenvalue weighted by Gasteiger charge is -2.35. The van der Waals surface area contributed by atoms with Gasteiger partial charge in [0.05, 0.1) is 7.11 Å². The summed E-state index contributed by atoms with van der Waals surface area (Å²) in [4.78, 5) is 21.2. The van der Waals surface area contributed by atoms with Gasteiger partial charge in [-0.3, -0.25) is 4.79 Å². The maximum Gasteiger partial charge on any atom is 0.322 e. The summed E-state index contributed by atoms with van der Waals surface area (Å²) in [6.07, 6.45) is 2.33. The molecule has 0 fully saturated rings. The largest absolute Gasteiger partial charge is 0.468 e. The minimum Gasteiger partial charge on any atom is -0.468 e. The van der Waals surface area contributed by atoms with Gasteiger partial charge in [-0.25, -0.2) is 0 Å². The van der Waals surface area contributed by atoms with Crippen molar-refractivity contribution < 1.29 is 14.3 Å². The molecule has 0 aromatic carbocycles. The molecule has 0 saturated heterocycles. The van der Waals surface area contributed by atoms with E-state index in [1.807, 2.05) is 13.1 Å². The first-order valence-electron chi connectivity index (χ1n) is 5.67. The van der Waals surface area contributed by atoms with Crippen molar-refractivity contribution in [1.82, 2.24) is 0 Å². The summed E-state index contributed by atoms with van der Waals surface area (Å²) in [6, 6.07) is -0.538. The molecular weight excluding hydrogens is 222 g/mol. The SMILES string of the molecule is COC(=O)[C@H](N)CCCC(C)(C)[Si](C)(C)O. The highest BCUT2D eigenvalue weighted by atomic mass is 28.4. The van der Waals surface area contributed by atoms with Crippen molar-refractivity contribution in [1.29, 1.82) is 0 Å². The predicted molar refractivity (Wildman–Crippen MR) is 67.6 cm³/mol. The molecule has 0 saturated carbocycles. The molecule has 3 N–H and O–H groups in total. The number of esters is 1. The molecule has 0 radical (unpaired) electrons. The first kappa shape index (κ1) is 15.6. The maximum absolute atomic E-state index is 11.1. The zero-order chi connectivity index (χ0) is 13.0. The molecule has 0 rings (SSSR count). The van der Waals surface area contributed by atoms with Crippen LogP contribution in [0.2, 0.25) is 18.1 Å². The van der Waals surface area contributed by atoms with Crippen LogP contribution in [0.1, 0.15) is 33.1 Å². The molecule has 0 amide bonds. The van der Waals surface area contributed by atoms with Crippen molar-refractivity contribution in [2.45, 2.75) is 57.3 Å². The third-order valence-corrected chi connectivity index (χ3v) is 7.04. The van der Waals surface area contributed by atoms with Crippen LogP contribution >= 0.6 is 0 Å². The molecule has 0 aliphatic heterocycles. The normalized spacial score (nSPS) is 14.7. The van der Waals surface area contributed by atoms with Gasteiger partial charge in [-0.15, -0.1) is 0 Å². The molecule has 5 heteroatoms. The Bertz CT molecular complexity index is 236. The highest BCUT2D eigenvalue weighted by Crippen LogP contribution is 2.40. The Morgan fingerprint density at radius 3 is 2.38 bits per heavy atom. The monoisotopic (exact) mass is 247 g/mol. The molecule has 0 spiro atoms. The van der Waals surface area contributed by atoms with Gasteiger partial charge in [-0.2, -0.15) is 0 Å². The van der Waals surface area contributed by atoms with Gasteiger partial charge in [0.1, 0.15) is 6.04 Å². The summed E-state index contributed by atoms with van der Waals surface area (Å²) in [6.45, 7) is 8.02. The number of rotatable bonds is 6. The van der Waals surface area contributed by atoms with E-state index in [4.69, 9.17) is 5.73 Å². The van der Waals surface area contributed by atoms with Crippen molar-refractivity contribution in [3.8, 4) is 0 Å². The molecule has 96 valence electrons. The van der Waals surface area contributed by atoms with E-state index in [1.54, 1.807) is 0 Å². The van der Waals surface area contributed by atoms with E-state index in [-0.39, 0.29) is 11.0 Å². The van der Waals surface area contributed by atoms with E-state index in [2.05, 4.69) is 18.6 Å². The summed E-state index contributed by atoms with van der Waals surface area (Å²) in [5.74, 6) is -0.363. The van der Waals surface area contributed by atoms with Crippen molar-refractivity contribution in [2.75, 3.05) is 7.11 Å². The first-order valence-corrected chi connectivity index (χ1v) is 8.62. The fourth-order valence-corrected chi connectivity index (χ4v) is 2.13. The third-order valence-electron chi connectivity index (χ3n) is 3.48. The van der Waals surface area contributed by atoms with E-state index >= 15 is 0 Å². The Kier molecular flexibility index (Phi) is 5.65. The minimum atomic E-state index is -2.15. The number of carbonyl (C=O) groups excluding carboxylic acids is 1. The molecule has 0 aromatic rings. The van der Waals surface area contributed by atoms with Crippen LogP contribution in [-0.4, -0.2) is 32.2 Å². The lowest BCUT2D eigenvalue weighted by Crippen LogP contribution is -2.39. The average molecular weight is 247 g/mol. The molecule has 0 heterocycles. The van der Waals surface area contributed by atoms with Crippen LogP contribution in [-0.2, 0) is 9.53 Å². The van der Waals surface area contributed by atoms with Gasteiger partial charge < -0.3 is 15.3 Å². The predicted octanol–water partition coefficient (Wildman–Crippen LogP) is 1.63. The zero-order valence-corrected chi connectivity index (χ0v) is 12.0.